The molecule has 0 unspecified atom stereocenters. The van der Waals surface area contributed by atoms with E-state index < -0.39 is 0 Å². The van der Waals surface area contributed by atoms with E-state index in [-0.39, 0.29) is 17.0 Å². The Morgan fingerprint density at radius 1 is 1.29 bits per heavy atom. The van der Waals surface area contributed by atoms with Crippen molar-refractivity contribution < 1.29 is 4.79 Å². The van der Waals surface area contributed by atoms with Crippen LogP contribution < -0.4 is 5.32 Å². The van der Waals surface area contributed by atoms with E-state index >= 15 is 0 Å². The Morgan fingerprint density at radius 2 is 1.88 bits per heavy atom. The fraction of sp³-hybridized carbons (Fsp3) is 0.923. The summed E-state index contributed by atoms with van der Waals surface area (Å²) in [4.78, 5) is 16.5. The molecule has 1 fully saturated rings. The van der Waals surface area contributed by atoms with Crippen LogP contribution in [0.1, 0.15) is 34.1 Å². The number of carbonyl (C=O) groups is 1. The average molecular weight is 241 g/mol. The summed E-state index contributed by atoms with van der Waals surface area (Å²) < 4.78 is 0. The standard InChI is InChI=1S/C13H27N3O/c1-12(2)9-11(17)16(8-7-15(5)6)13(3,4)10-14-12/h14H,7-10H2,1-6H3. The molecule has 4 nitrogen and oxygen atoms in total. The topological polar surface area (TPSA) is 35.6 Å². The number of carbonyl (C=O) groups excluding carboxylic acids is 1. The maximum Gasteiger partial charge on any atom is 0.224 e. The van der Waals surface area contributed by atoms with Gasteiger partial charge in [0.2, 0.25) is 5.91 Å². The van der Waals surface area contributed by atoms with E-state index in [2.05, 4.69) is 37.9 Å². The largest absolute Gasteiger partial charge is 0.335 e. The first kappa shape index (κ1) is 14.5. The van der Waals surface area contributed by atoms with Gasteiger partial charge in [-0.1, -0.05) is 0 Å². The molecule has 0 aromatic rings. The summed E-state index contributed by atoms with van der Waals surface area (Å²) in [5.41, 5.74) is -0.206. The molecule has 1 amide bonds. The zero-order chi connectivity index (χ0) is 13.3. The minimum Gasteiger partial charge on any atom is -0.335 e. The van der Waals surface area contributed by atoms with Crippen LogP contribution >= 0.6 is 0 Å². The average Bonchev–Trinajstić information content (AvgIpc) is 2.20. The lowest BCUT2D eigenvalue weighted by Gasteiger charge is -2.37. The third kappa shape index (κ3) is 3.96. The van der Waals surface area contributed by atoms with Crippen LogP contribution in [0.4, 0.5) is 0 Å². The summed E-state index contributed by atoms with van der Waals surface area (Å²) >= 11 is 0. The van der Waals surface area contributed by atoms with Crippen molar-refractivity contribution in [2.24, 2.45) is 0 Å². The second-order valence-electron chi connectivity index (χ2n) is 6.58. The summed E-state index contributed by atoms with van der Waals surface area (Å²) in [7, 11) is 4.08. The monoisotopic (exact) mass is 241 g/mol. The Kier molecular flexibility index (Phi) is 4.20. The van der Waals surface area contributed by atoms with Crippen molar-refractivity contribution in [2.75, 3.05) is 33.7 Å². The number of rotatable bonds is 3. The van der Waals surface area contributed by atoms with Crippen molar-refractivity contribution in [3.63, 3.8) is 0 Å². The Labute approximate surface area is 105 Å². The molecule has 1 heterocycles. The van der Waals surface area contributed by atoms with Crippen LogP contribution in [0, 0.1) is 0 Å². The zero-order valence-electron chi connectivity index (χ0n) is 12.1. The van der Waals surface area contributed by atoms with Gasteiger partial charge in [-0.15, -0.1) is 0 Å². The second-order valence-corrected chi connectivity index (χ2v) is 6.58. The van der Waals surface area contributed by atoms with E-state index in [4.69, 9.17) is 0 Å². The highest BCUT2D eigenvalue weighted by atomic mass is 16.2. The summed E-state index contributed by atoms with van der Waals surface area (Å²) in [6, 6.07) is 0. The number of hydrogen-bond acceptors (Lipinski definition) is 3. The van der Waals surface area contributed by atoms with Gasteiger partial charge in [0, 0.05) is 37.1 Å². The molecule has 0 bridgehead atoms. The lowest BCUT2D eigenvalue weighted by molar-refractivity contribution is -0.136. The first-order chi connectivity index (χ1) is 7.64. The normalized spacial score (nSPS) is 23.9. The molecule has 0 spiro atoms. The molecular formula is C13H27N3O. The molecule has 0 aliphatic carbocycles. The van der Waals surface area contributed by atoms with Gasteiger partial charge in [0.25, 0.3) is 0 Å². The molecule has 1 aliphatic heterocycles. The van der Waals surface area contributed by atoms with Crippen LogP contribution in [0.15, 0.2) is 0 Å². The Bertz CT molecular complexity index is 284. The van der Waals surface area contributed by atoms with Gasteiger partial charge in [-0.25, -0.2) is 0 Å². The van der Waals surface area contributed by atoms with Crippen LogP contribution in [0.2, 0.25) is 0 Å². The maximum atomic E-state index is 12.3. The molecule has 0 aromatic carbocycles. The van der Waals surface area contributed by atoms with Crippen LogP contribution in [0.25, 0.3) is 0 Å². The third-order valence-corrected chi connectivity index (χ3v) is 3.40. The van der Waals surface area contributed by atoms with Crippen molar-refractivity contribution in [1.82, 2.24) is 15.1 Å². The van der Waals surface area contributed by atoms with Crippen LogP contribution in [-0.4, -0.2) is 60.5 Å². The lowest BCUT2D eigenvalue weighted by atomic mass is 10.0. The van der Waals surface area contributed by atoms with Gasteiger partial charge in [-0.05, 0) is 41.8 Å². The number of amides is 1. The minimum atomic E-state index is -0.110. The molecule has 1 rings (SSSR count). The van der Waals surface area contributed by atoms with Crippen molar-refractivity contribution in [2.45, 2.75) is 45.2 Å². The highest BCUT2D eigenvalue weighted by Crippen LogP contribution is 2.23. The molecule has 100 valence electrons. The summed E-state index contributed by atoms with van der Waals surface area (Å²) in [5, 5.41) is 3.48. The van der Waals surface area contributed by atoms with E-state index in [1.165, 1.54) is 0 Å². The SMILES string of the molecule is CN(C)CCN1C(=O)CC(C)(C)NCC1(C)C. The van der Waals surface area contributed by atoms with E-state index in [0.717, 1.165) is 19.6 Å². The number of likely N-dealkylation sites (N-methyl/N-ethyl adjacent to an activating group) is 1. The summed E-state index contributed by atoms with van der Waals surface area (Å²) in [6.45, 7) is 11.0. The fourth-order valence-corrected chi connectivity index (χ4v) is 2.15. The van der Waals surface area contributed by atoms with Crippen molar-refractivity contribution >= 4 is 5.91 Å². The van der Waals surface area contributed by atoms with Crippen LogP contribution in [0.5, 0.6) is 0 Å². The van der Waals surface area contributed by atoms with Crippen molar-refractivity contribution in [1.29, 1.82) is 0 Å². The van der Waals surface area contributed by atoms with Crippen LogP contribution in [-0.2, 0) is 4.79 Å². The highest BCUT2D eigenvalue weighted by molar-refractivity contribution is 5.78. The molecule has 4 heteroatoms. The molecule has 0 saturated carbocycles. The van der Waals surface area contributed by atoms with E-state index in [9.17, 15) is 4.79 Å². The highest BCUT2D eigenvalue weighted by Gasteiger charge is 2.38. The van der Waals surface area contributed by atoms with E-state index in [0.29, 0.717) is 6.42 Å². The molecule has 0 radical (unpaired) electrons. The van der Waals surface area contributed by atoms with Gasteiger partial charge >= 0.3 is 0 Å². The van der Waals surface area contributed by atoms with Crippen LogP contribution in [0.3, 0.4) is 0 Å². The molecule has 0 aromatic heterocycles. The van der Waals surface area contributed by atoms with Gasteiger partial charge < -0.3 is 15.1 Å². The number of nitrogens with one attached hydrogen (secondary N) is 1. The first-order valence-electron chi connectivity index (χ1n) is 6.34. The third-order valence-electron chi connectivity index (χ3n) is 3.40. The van der Waals surface area contributed by atoms with Crippen molar-refractivity contribution in [3.8, 4) is 0 Å². The van der Waals surface area contributed by atoms with E-state index in [1.807, 2.05) is 19.0 Å². The first-order valence-corrected chi connectivity index (χ1v) is 6.34. The smallest absolute Gasteiger partial charge is 0.224 e. The Balaban J connectivity index is 2.80. The molecular weight excluding hydrogens is 214 g/mol. The summed E-state index contributed by atoms with van der Waals surface area (Å²) in [5.74, 6) is 0.256. The number of nitrogens with zero attached hydrogens (tertiary/aromatic N) is 2. The maximum absolute atomic E-state index is 12.3. The van der Waals surface area contributed by atoms with Gasteiger partial charge in [-0.2, -0.15) is 0 Å². The quantitative estimate of drug-likeness (QED) is 0.798. The number of hydrogen-bond donors (Lipinski definition) is 1. The predicted molar refractivity (Wildman–Crippen MR) is 71.0 cm³/mol. The second kappa shape index (κ2) is 4.94. The molecule has 1 saturated heterocycles. The van der Waals surface area contributed by atoms with Gasteiger partial charge in [0.1, 0.15) is 0 Å². The van der Waals surface area contributed by atoms with E-state index in [1.54, 1.807) is 0 Å². The molecule has 1 aliphatic rings. The zero-order valence-corrected chi connectivity index (χ0v) is 12.1. The van der Waals surface area contributed by atoms with Gasteiger partial charge in [0.15, 0.2) is 0 Å². The Hall–Kier alpha value is -0.610. The Morgan fingerprint density at radius 3 is 2.41 bits per heavy atom. The fourth-order valence-electron chi connectivity index (χ4n) is 2.15. The molecule has 0 atom stereocenters. The minimum absolute atomic E-state index is 0.0960. The molecule has 17 heavy (non-hydrogen) atoms. The predicted octanol–water partition coefficient (Wildman–Crippen LogP) is 0.927. The summed E-state index contributed by atoms with van der Waals surface area (Å²) in [6.07, 6.45) is 0.573. The van der Waals surface area contributed by atoms with Gasteiger partial charge in [0.05, 0.1) is 0 Å². The lowest BCUT2D eigenvalue weighted by Crippen LogP contribution is -2.53. The molecule has 1 N–H and O–H groups in total. The van der Waals surface area contributed by atoms with Gasteiger partial charge in [-0.3, -0.25) is 4.79 Å². The van der Waals surface area contributed by atoms with Crippen molar-refractivity contribution in [3.05, 3.63) is 0 Å².